The average Bonchev–Trinajstić information content (AvgIpc) is 2.74. The largest absolute Gasteiger partial charge is 0.507 e. The van der Waals surface area contributed by atoms with Gasteiger partial charge in [0.1, 0.15) is 17.2 Å². The van der Waals surface area contributed by atoms with Crippen LogP contribution in [0.3, 0.4) is 0 Å². The molecular weight excluding hydrogens is 380 g/mol. The molecule has 0 aromatic heterocycles. The molecule has 0 fully saturated rings. The molecular formula is C25H22O5. The first-order chi connectivity index (χ1) is 14.4. The van der Waals surface area contributed by atoms with Crippen molar-refractivity contribution in [3.8, 4) is 17.2 Å². The summed E-state index contributed by atoms with van der Waals surface area (Å²) >= 11 is 0. The van der Waals surface area contributed by atoms with E-state index in [0.29, 0.717) is 43.0 Å². The van der Waals surface area contributed by atoms with Crippen LogP contribution in [-0.4, -0.2) is 27.9 Å². The summed E-state index contributed by atoms with van der Waals surface area (Å²) in [5.74, 6) is -0.0426. The molecule has 152 valence electrons. The molecule has 0 spiro atoms. The quantitative estimate of drug-likeness (QED) is 0.385. The van der Waals surface area contributed by atoms with Crippen molar-refractivity contribution in [2.75, 3.05) is 0 Å². The number of hydrogen-bond acceptors (Lipinski definition) is 5. The standard InChI is InChI=1S/C25H22O5/c1-2-3-16-8-19(10-17-4-6-23(28)21(12-17)14-26)25(30)20(9-16)11-18-5-7-24(29)22(13-18)15-27/h2,4-9,12-15,28-30H,1,3,10-11H2. The van der Waals surface area contributed by atoms with Crippen molar-refractivity contribution in [1.82, 2.24) is 0 Å². The summed E-state index contributed by atoms with van der Waals surface area (Å²) in [7, 11) is 0. The van der Waals surface area contributed by atoms with E-state index in [1.807, 2.05) is 12.1 Å². The lowest BCUT2D eigenvalue weighted by Crippen LogP contribution is -1.99. The zero-order valence-corrected chi connectivity index (χ0v) is 16.3. The molecule has 0 unspecified atom stereocenters. The normalized spacial score (nSPS) is 10.5. The van der Waals surface area contributed by atoms with Gasteiger partial charge in [-0.25, -0.2) is 0 Å². The van der Waals surface area contributed by atoms with Crippen LogP contribution in [0.15, 0.2) is 61.2 Å². The van der Waals surface area contributed by atoms with Crippen molar-refractivity contribution in [2.45, 2.75) is 19.3 Å². The minimum Gasteiger partial charge on any atom is -0.507 e. The number of hydrogen-bond donors (Lipinski definition) is 3. The first kappa shape index (κ1) is 20.9. The Bertz CT molecular complexity index is 1030. The van der Waals surface area contributed by atoms with Gasteiger partial charge in [0, 0.05) is 12.8 Å². The van der Waals surface area contributed by atoms with Crippen LogP contribution in [0.25, 0.3) is 0 Å². The fourth-order valence-electron chi connectivity index (χ4n) is 3.44. The van der Waals surface area contributed by atoms with Crippen LogP contribution in [0.5, 0.6) is 17.2 Å². The summed E-state index contributed by atoms with van der Waals surface area (Å²) in [5.41, 5.74) is 4.28. The maximum atomic E-state index is 11.1. The number of rotatable bonds is 8. The van der Waals surface area contributed by atoms with E-state index in [4.69, 9.17) is 0 Å². The molecule has 0 aliphatic carbocycles. The zero-order valence-electron chi connectivity index (χ0n) is 16.3. The smallest absolute Gasteiger partial charge is 0.153 e. The third-order valence-corrected chi connectivity index (χ3v) is 4.93. The van der Waals surface area contributed by atoms with E-state index >= 15 is 0 Å². The van der Waals surface area contributed by atoms with Crippen LogP contribution in [-0.2, 0) is 19.3 Å². The summed E-state index contributed by atoms with van der Waals surface area (Å²) in [5, 5.41) is 30.3. The lowest BCUT2D eigenvalue weighted by Gasteiger charge is -2.14. The highest BCUT2D eigenvalue weighted by atomic mass is 16.3. The van der Waals surface area contributed by atoms with E-state index < -0.39 is 0 Å². The molecule has 0 bridgehead atoms. The summed E-state index contributed by atoms with van der Waals surface area (Å²) in [6.45, 7) is 3.77. The molecule has 0 saturated carbocycles. The minimum absolute atomic E-state index is 0.0858. The Balaban J connectivity index is 2.00. The molecule has 3 aromatic carbocycles. The lowest BCUT2D eigenvalue weighted by molar-refractivity contribution is 0.111. The van der Waals surface area contributed by atoms with Gasteiger partial charge in [0.15, 0.2) is 12.6 Å². The monoisotopic (exact) mass is 402 g/mol. The minimum atomic E-state index is -0.0858. The molecule has 0 radical (unpaired) electrons. The van der Waals surface area contributed by atoms with Crippen LogP contribution in [0.4, 0.5) is 0 Å². The Morgan fingerprint density at radius 2 is 1.17 bits per heavy atom. The Hall–Kier alpha value is -3.86. The second-order valence-electron chi connectivity index (χ2n) is 7.13. The number of carbonyl (C=O) groups excluding carboxylic acids is 2. The van der Waals surface area contributed by atoms with Crippen molar-refractivity contribution < 1.29 is 24.9 Å². The summed E-state index contributed by atoms with van der Waals surface area (Å²) < 4.78 is 0. The molecule has 5 heteroatoms. The Labute approximate surface area is 174 Å². The third kappa shape index (κ3) is 4.58. The van der Waals surface area contributed by atoms with Gasteiger partial charge in [0.25, 0.3) is 0 Å². The average molecular weight is 402 g/mol. The van der Waals surface area contributed by atoms with Gasteiger partial charge in [0.2, 0.25) is 0 Å². The highest BCUT2D eigenvalue weighted by molar-refractivity contribution is 5.80. The van der Waals surface area contributed by atoms with Crippen LogP contribution >= 0.6 is 0 Å². The van der Waals surface area contributed by atoms with Crippen molar-refractivity contribution in [3.63, 3.8) is 0 Å². The number of allylic oxidation sites excluding steroid dienone is 1. The van der Waals surface area contributed by atoms with Crippen molar-refractivity contribution in [3.05, 3.63) is 100 Å². The summed E-state index contributed by atoms with van der Waals surface area (Å²) in [4.78, 5) is 22.2. The Kier molecular flexibility index (Phi) is 6.32. The van der Waals surface area contributed by atoms with Gasteiger partial charge in [-0.3, -0.25) is 9.59 Å². The highest BCUT2D eigenvalue weighted by Crippen LogP contribution is 2.31. The van der Waals surface area contributed by atoms with Gasteiger partial charge in [0.05, 0.1) is 11.1 Å². The van der Waals surface area contributed by atoms with Gasteiger partial charge >= 0.3 is 0 Å². The van der Waals surface area contributed by atoms with Crippen LogP contribution in [0.1, 0.15) is 48.5 Å². The van der Waals surface area contributed by atoms with E-state index in [1.54, 1.807) is 30.3 Å². The number of phenols is 3. The lowest BCUT2D eigenvalue weighted by atomic mass is 9.93. The first-order valence-corrected chi connectivity index (χ1v) is 9.43. The topological polar surface area (TPSA) is 94.8 Å². The molecule has 0 aliphatic heterocycles. The van der Waals surface area contributed by atoms with Gasteiger partial charge in [-0.05, 0) is 58.5 Å². The zero-order chi connectivity index (χ0) is 21.7. The number of phenolic OH excluding ortho intramolecular Hbond substituents is 3. The van der Waals surface area contributed by atoms with E-state index in [-0.39, 0.29) is 28.4 Å². The van der Waals surface area contributed by atoms with Gasteiger partial charge in [-0.1, -0.05) is 30.3 Å². The molecule has 3 aromatic rings. The number of carbonyl (C=O) groups is 2. The maximum absolute atomic E-state index is 11.1. The molecule has 30 heavy (non-hydrogen) atoms. The maximum Gasteiger partial charge on any atom is 0.153 e. The predicted molar refractivity (Wildman–Crippen MR) is 115 cm³/mol. The molecule has 3 N–H and O–H groups in total. The molecule has 0 heterocycles. The molecule has 0 atom stereocenters. The predicted octanol–water partition coefficient (Wildman–Crippen LogP) is 4.34. The van der Waals surface area contributed by atoms with E-state index in [1.165, 1.54) is 12.1 Å². The first-order valence-electron chi connectivity index (χ1n) is 9.43. The Morgan fingerprint density at radius 3 is 1.57 bits per heavy atom. The second kappa shape index (κ2) is 9.09. The number of aldehydes is 2. The number of benzene rings is 3. The molecule has 0 aliphatic rings. The van der Waals surface area contributed by atoms with Gasteiger partial charge < -0.3 is 15.3 Å². The molecule has 0 amide bonds. The van der Waals surface area contributed by atoms with Gasteiger partial charge in [-0.15, -0.1) is 6.58 Å². The molecule has 3 rings (SSSR count). The molecule has 0 saturated heterocycles. The van der Waals surface area contributed by atoms with Gasteiger partial charge in [-0.2, -0.15) is 0 Å². The molecule has 5 nitrogen and oxygen atoms in total. The summed E-state index contributed by atoms with van der Waals surface area (Å²) in [6.07, 6.45) is 4.32. The fraction of sp³-hybridized carbons (Fsp3) is 0.120. The van der Waals surface area contributed by atoms with Crippen molar-refractivity contribution in [2.24, 2.45) is 0 Å². The third-order valence-electron chi connectivity index (χ3n) is 4.93. The van der Waals surface area contributed by atoms with Crippen LogP contribution in [0.2, 0.25) is 0 Å². The summed E-state index contributed by atoms with van der Waals surface area (Å²) in [6, 6.07) is 13.3. The van der Waals surface area contributed by atoms with E-state index in [0.717, 1.165) is 16.7 Å². The Morgan fingerprint density at radius 1 is 0.700 bits per heavy atom. The van der Waals surface area contributed by atoms with Crippen LogP contribution < -0.4 is 0 Å². The van der Waals surface area contributed by atoms with Crippen molar-refractivity contribution >= 4 is 12.6 Å². The highest BCUT2D eigenvalue weighted by Gasteiger charge is 2.13. The van der Waals surface area contributed by atoms with Crippen LogP contribution in [0, 0.1) is 0 Å². The van der Waals surface area contributed by atoms with E-state index in [2.05, 4.69) is 6.58 Å². The van der Waals surface area contributed by atoms with E-state index in [9.17, 15) is 24.9 Å². The SMILES string of the molecule is C=CCc1cc(Cc2ccc(O)c(C=O)c2)c(O)c(Cc2ccc(O)c(C=O)c2)c1. The van der Waals surface area contributed by atoms with Crippen molar-refractivity contribution in [1.29, 1.82) is 0 Å². The fourth-order valence-corrected chi connectivity index (χ4v) is 3.44. The second-order valence-corrected chi connectivity index (χ2v) is 7.13. The number of aromatic hydroxyl groups is 3.